The lowest BCUT2D eigenvalue weighted by atomic mass is 10.1. The number of aryl methyl sites for hydroxylation is 1. The van der Waals surface area contributed by atoms with Crippen molar-refractivity contribution in [2.24, 2.45) is 0 Å². The first-order chi connectivity index (χ1) is 16.5. The van der Waals surface area contributed by atoms with Crippen LogP contribution in [0.1, 0.15) is 47.5 Å². The van der Waals surface area contributed by atoms with Crippen molar-refractivity contribution >= 4 is 48.6 Å². The topological polar surface area (TPSA) is 110 Å². The number of imidazole rings is 1. The monoisotopic (exact) mass is 544 g/mol. The van der Waals surface area contributed by atoms with E-state index in [0.29, 0.717) is 36.7 Å². The Morgan fingerprint density at radius 3 is 2.46 bits per heavy atom. The standard InChI is InChI=1S/C23H36N4O5S3/c1-6-17(5)27(18-12-13-34(29,30)16-18)22(28)15-33-23-24-20-14-19(10-11-21(20)26(23)9-4)35(31,32)25(7-2)8-3/h10-11,14,17-18H,6-9,12-13,15-16H2,1-5H3. The molecule has 0 saturated carbocycles. The van der Waals surface area contributed by atoms with Crippen LogP contribution in [0.4, 0.5) is 0 Å². The maximum Gasteiger partial charge on any atom is 0.243 e. The Hall–Kier alpha value is -1.63. The largest absolute Gasteiger partial charge is 0.335 e. The Kier molecular flexibility index (Phi) is 8.93. The van der Waals surface area contributed by atoms with Gasteiger partial charge in [0.2, 0.25) is 15.9 Å². The molecule has 1 aromatic heterocycles. The SMILES string of the molecule is CCC(C)N(C(=O)CSc1nc2cc(S(=O)(=O)N(CC)CC)ccc2n1CC)C1CCS(=O)(=O)C1. The summed E-state index contributed by atoms with van der Waals surface area (Å²) in [5, 5.41) is 0.636. The fourth-order valence-electron chi connectivity index (χ4n) is 4.58. The summed E-state index contributed by atoms with van der Waals surface area (Å²) in [6.45, 7) is 10.9. The molecule has 1 aliphatic rings. The number of nitrogens with zero attached hydrogens (tertiary/aromatic N) is 4. The zero-order chi connectivity index (χ0) is 26.0. The number of hydrogen-bond donors (Lipinski definition) is 0. The van der Waals surface area contributed by atoms with Crippen molar-refractivity contribution in [3.8, 4) is 0 Å². The van der Waals surface area contributed by atoms with Gasteiger partial charge in [0.25, 0.3) is 0 Å². The first-order valence-corrected chi connectivity index (χ1v) is 16.4. The first kappa shape index (κ1) is 27.9. The molecule has 2 atom stereocenters. The van der Waals surface area contributed by atoms with Crippen LogP contribution in [-0.2, 0) is 31.2 Å². The number of benzene rings is 1. The predicted octanol–water partition coefficient (Wildman–Crippen LogP) is 2.99. The van der Waals surface area contributed by atoms with Gasteiger partial charge in [-0.05, 0) is 44.9 Å². The van der Waals surface area contributed by atoms with Gasteiger partial charge in [-0.15, -0.1) is 0 Å². The number of rotatable bonds is 11. The second-order valence-electron chi connectivity index (χ2n) is 8.78. The number of sulfonamides is 1. The number of fused-ring (bicyclic) bond motifs is 1. The third-order valence-electron chi connectivity index (χ3n) is 6.62. The molecule has 12 heteroatoms. The van der Waals surface area contributed by atoms with Crippen LogP contribution in [0.3, 0.4) is 0 Å². The third kappa shape index (κ3) is 5.86. The van der Waals surface area contributed by atoms with Gasteiger partial charge < -0.3 is 9.47 Å². The maximum atomic E-state index is 13.2. The Balaban J connectivity index is 1.86. The number of aromatic nitrogens is 2. The normalized spacial score (nSPS) is 18.9. The van der Waals surface area contributed by atoms with Gasteiger partial charge in [-0.1, -0.05) is 32.5 Å². The van der Waals surface area contributed by atoms with E-state index in [1.165, 1.54) is 16.1 Å². The average Bonchev–Trinajstić information content (AvgIpc) is 3.36. The molecule has 0 bridgehead atoms. The summed E-state index contributed by atoms with van der Waals surface area (Å²) in [5.41, 5.74) is 1.37. The van der Waals surface area contributed by atoms with Gasteiger partial charge in [-0.2, -0.15) is 4.31 Å². The molecular formula is C23H36N4O5S3. The molecule has 1 aliphatic heterocycles. The van der Waals surface area contributed by atoms with Crippen LogP contribution in [0.5, 0.6) is 0 Å². The number of carbonyl (C=O) groups is 1. The van der Waals surface area contributed by atoms with Crippen molar-refractivity contribution in [2.45, 2.75) is 76.1 Å². The minimum atomic E-state index is -3.60. The highest BCUT2D eigenvalue weighted by atomic mass is 32.2. The highest BCUT2D eigenvalue weighted by Crippen LogP contribution is 2.29. The summed E-state index contributed by atoms with van der Waals surface area (Å²) < 4.78 is 53.3. The minimum absolute atomic E-state index is 0.0189. The Labute approximate surface area is 213 Å². The quantitative estimate of drug-likeness (QED) is 0.400. The molecule has 0 aliphatic carbocycles. The van der Waals surface area contributed by atoms with E-state index in [2.05, 4.69) is 4.98 Å². The van der Waals surface area contributed by atoms with E-state index in [-0.39, 0.29) is 40.1 Å². The van der Waals surface area contributed by atoms with Crippen molar-refractivity contribution in [3.63, 3.8) is 0 Å². The summed E-state index contributed by atoms with van der Waals surface area (Å²) in [4.78, 5) is 19.8. The van der Waals surface area contributed by atoms with E-state index in [0.717, 1.165) is 11.9 Å². The first-order valence-electron chi connectivity index (χ1n) is 12.1. The molecule has 0 radical (unpaired) electrons. The molecule has 0 spiro atoms. The molecule has 0 N–H and O–H groups in total. The predicted molar refractivity (Wildman–Crippen MR) is 140 cm³/mol. The maximum absolute atomic E-state index is 13.2. The molecule has 9 nitrogen and oxygen atoms in total. The molecule has 1 aromatic carbocycles. The zero-order valence-corrected chi connectivity index (χ0v) is 23.5. The molecule has 196 valence electrons. The molecule has 2 heterocycles. The van der Waals surface area contributed by atoms with Crippen LogP contribution in [0.15, 0.2) is 28.3 Å². The zero-order valence-electron chi connectivity index (χ0n) is 21.1. The second kappa shape index (κ2) is 11.2. The van der Waals surface area contributed by atoms with Crippen molar-refractivity contribution in [2.75, 3.05) is 30.3 Å². The third-order valence-corrected chi connectivity index (χ3v) is 11.4. The Morgan fingerprint density at radius 1 is 1.23 bits per heavy atom. The molecule has 2 unspecified atom stereocenters. The van der Waals surface area contributed by atoms with Crippen molar-refractivity contribution in [1.29, 1.82) is 0 Å². The summed E-state index contributed by atoms with van der Waals surface area (Å²) in [6.07, 6.45) is 1.21. The fraction of sp³-hybridized carbons (Fsp3) is 0.652. The van der Waals surface area contributed by atoms with Gasteiger partial charge >= 0.3 is 0 Å². The van der Waals surface area contributed by atoms with E-state index in [9.17, 15) is 21.6 Å². The number of carbonyl (C=O) groups excluding carboxylic acids is 1. The lowest BCUT2D eigenvalue weighted by Gasteiger charge is -2.33. The summed E-state index contributed by atoms with van der Waals surface area (Å²) in [7, 11) is -6.71. The van der Waals surface area contributed by atoms with Crippen molar-refractivity contribution in [1.82, 2.24) is 18.8 Å². The van der Waals surface area contributed by atoms with E-state index < -0.39 is 19.9 Å². The van der Waals surface area contributed by atoms with Crippen LogP contribution < -0.4 is 0 Å². The lowest BCUT2D eigenvalue weighted by molar-refractivity contribution is -0.132. The molecule has 35 heavy (non-hydrogen) atoms. The lowest BCUT2D eigenvalue weighted by Crippen LogP contribution is -2.47. The molecule has 3 rings (SSSR count). The smallest absolute Gasteiger partial charge is 0.243 e. The highest BCUT2D eigenvalue weighted by Gasteiger charge is 2.36. The van der Waals surface area contributed by atoms with E-state index in [4.69, 9.17) is 0 Å². The van der Waals surface area contributed by atoms with Gasteiger partial charge in [0, 0.05) is 31.7 Å². The van der Waals surface area contributed by atoms with Crippen molar-refractivity contribution < 1.29 is 21.6 Å². The summed E-state index contributed by atoms with van der Waals surface area (Å²) in [6, 6.07) is 4.62. The van der Waals surface area contributed by atoms with Crippen LogP contribution in [0.25, 0.3) is 11.0 Å². The second-order valence-corrected chi connectivity index (χ2v) is 13.9. The van der Waals surface area contributed by atoms with Gasteiger partial charge in [0.1, 0.15) is 0 Å². The molecule has 1 fully saturated rings. The van der Waals surface area contributed by atoms with Crippen LogP contribution >= 0.6 is 11.8 Å². The van der Waals surface area contributed by atoms with Gasteiger partial charge in [0.15, 0.2) is 15.0 Å². The summed E-state index contributed by atoms with van der Waals surface area (Å²) >= 11 is 1.30. The highest BCUT2D eigenvalue weighted by molar-refractivity contribution is 7.99. The summed E-state index contributed by atoms with van der Waals surface area (Å²) in [5.74, 6) is 0.167. The van der Waals surface area contributed by atoms with Crippen LogP contribution in [0.2, 0.25) is 0 Å². The van der Waals surface area contributed by atoms with E-state index in [1.807, 2.05) is 25.3 Å². The Bertz CT molecular complexity index is 1270. The van der Waals surface area contributed by atoms with Gasteiger partial charge in [-0.3, -0.25) is 4.79 Å². The van der Waals surface area contributed by atoms with Crippen LogP contribution in [0, 0.1) is 0 Å². The average molecular weight is 545 g/mol. The number of amides is 1. The molecule has 1 saturated heterocycles. The van der Waals surface area contributed by atoms with Crippen molar-refractivity contribution in [3.05, 3.63) is 18.2 Å². The van der Waals surface area contributed by atoms with Crippen LogP contribution in [-0.4, -0.2) is 83.9 Å². The van der Waals surface area contributed by atoms with E-state index >= 15 is 0 Å². The van der Waals surface area contributed by atoms with E-state index in [1.54, 1.807) is 36.9 Å². The Morgan fingerprint density at radius 2 is 1.91 bits per heavy atom. The van der Waals surface area contributed by atoms with Gasteiger partial charge in [-0.25, -0.2) is 21.8 Å². The number of thioether (sulfide) groups is 1. The molecule has 1 amide bonds. The number of hydrogen-bond acceptors (Lipinski definition) is 7. The number of sulfone groups is 1. The van der Waals surface area contributed by atoms with Gasteiger partial charge in [0.05, 0.1) is 33.2 Å². The fourth-order valence-corrected chi connectivity index (χ4v) is 8.72. The minimum Gasteiger partial charge on any atom is -0.335 e. The molecule has 2 aromatic rings. The molecular weight excluding hydrogens is 508 g/mol.